The Morgan fingerprint density at radius 3 is 2.43 bits per heavy atom. The van der Waals surface area contributed by atoms with Crippen LogP contribution in [0.25, 0.3) is 27.8 Å². The maximum absolute atomic E-state index is 14.4. The first-order valence-electron chi connectivity index (χ1n) is 14.4. The summed E-state index contributed by atoms with van der Waals surface area (Å²) in [5.74, 6) is -4.90. The lowest BCUT2D eigenvalue weighted by Crippen LogP contribution is -2.60. The van der Waals surface area contributed by atoms with Gasteiger partial charge in [-0.05, 0) is 55.7 Å². The molecule has 4 heterocycles. The molecule has 0 spiro atoms. The first-order valence-corrected chi connectivity index (χ1v) is 14.4. The number of H-pyrrole nitrogens is 1. The molecule has 1 unspecified atom stereocenters. The van der Waals surface area contributed by atoms with Crippen molar-refractivity contribution in [2.75, 3.05) is 0 Å². The molecule has 4 aromatic rings. The number of esters is 1. The summed E-state index contributed by atoms with van der Waals surface area (Å²) in [7, 11) is 0. The highest BCUT2D eigenvalue weighted by Gasteiger charge is 2.49. The highest BCUT2D eigenvalue weighted by atomic mass is 19.2. The number of aromatic amines is 1. The molecular formula is C30H32F2N4O8. The van der Waals surface area contributed by atoms with Crippen LogP contribution in [0, 0.1) is 17.6 Å². The third kappa shape index (κ3) is 5.11. The van der Waals surface area contributed by atoms with Gasteiger partial charge in [-0.3, -0.25) is 9.89 Å². The molecule has 3 aromatic heterocycles. The molecule has 5 N–H and O–H groups in total. The van der Waals surface area contributed by atoms with Crippen LogP contribution in [0.3, 0.4) is 0 Å². The summed E-state index contributed by atoms with van der Waals surface area (Å²) in [5, 5.41) is 47.2. The molecule has 1 aliphatic carbocycles. The van der Waals surface area contributed by atoms with Gasteiger partial charge in [-0.25, -0.2) is 18.6 Å². The van der Waals surface area contributed by atoms with Crippen LogP contribution in [0.2, 0.25) is 0 Å². The van der Waals surface area contributed by atoms with Gasteiger partial charge >= 0.3 is 11.9 Å². The fourth-order valence-corrected chi connectivity index (χ4v) is 6.46. The molecule has 2 aliphatic rings. The van der Waals surface area contributed by atoms with Crippen molar-refractivity contribution in [2.45, 2.75) is 82.1 Å². The van der Waals surface area contributed by atoms with E-state index in [1.165, 1.54) is 6.07 Å². The van der Waals surface area contributed by atoms with E-state index in [9.17, 15) is 38.8 Å². The van der Waals surface area contributed by atoms with Crippen LogP contribution in [0.4, 0.5) is 8.78 Å². The molecule has 6 rings (SSSR count). The van der Waals surface area contributed by atoms with E-state index in [2.05, 4.69) is 10.2 Å². The van der Waals surface area contributed by atoms with Crippen molar-refractivity contribution in [2.24, 2.45) is 5.92 Å². The van der Waals surface area contributed by atoms with Gasteiger partial charge in [0.1, 0.15) is 18.3 Å². The van der Waals surface area contributed by atoms with Crippen molar-refractivity contribution in [3.63, 3.8) is 0 Å². The summed E-state index contributed by atoms with van der Waals surface area (Å²) in [4.78, 5) is 29.4. The van der Waals surface area contributed by atoms with E-state index in [0.29, 0.717) is 48.1 Å². The molecule has 2 fully saturated rings. The zero-order valence-corrected chi connectivity index (χ0v) is 23.9. The Kier molecular flexibility index (Phi) is 7.86. The molecule has 5 atom stereocenters. The van der Waals surface area contributed by atoms with E-state index in [4.69, 9.17) is 14.5 Å². The second-order valence-corrected chi connectivity index (χ2v) is 11.8. The van der Waals surface area contributed by atoms with E-state index >= 15 is 0 Å². The first kappa shape index (κ1) is 30.1. The number of carbonyl (C=O) groups is 2. The number of carboxylic acid groups (broad SMARTS) is 1. The second kappa shape index (κ2) is 11.5. The molecule has 0 amide bonds. The SMILES string of the molecule is CC(C)c1c(C2CCC(C(=O)OC3O[C@H](C(=O)O)[C@@H](O)[C@H](O)[C@H]3O)CC2)c2nc3[nH]ncc3cc2n1-c1ccc(F)c(F)c1. The Morgan fingerprint density at radius 1 is 1.05 bits per heavy atom. The lowest BCUT2D eigenvalue weighted by Gasteiger charge is -2.38. The number of aromatic nitrogens is 4. The third-order valence-corrected chi connectivity index (χ3v) is 8.64. The number of hydrogen-bond donors (Lipinski definition) is 5. The van der Waals surface area contributed by atoms with Crippen LogP contribution >= 0.6 is 0 Å². The monoisotopic (exact) mass is 614 g/mol. The van der Waals surface area contributed by atoms with Gasteiger partial charge in [0.2, 0.25) is 6.29 Å². The average Bonchev–Trinajstić information content (AvgIpc) is 3.59. The number of carboxylic acids is 1. The summed E-state index contributed by atoms with van der Waals surface area (Å²) < 4.78 is 40.6. The van der Waals surface area contributed by atoms with E-state index in [1.807, 2.05) is 24.5 Å². The van der Waals surface area contributed by atoms with Crippen molar-refractivity contribution in [3.05, 3.63) is 53.4 Å². The quantitative estimate of drug-likeness (QED) is 0.203. The number of pyridine rings is 1. The summed E-state index contributed by atoms with van der Waals surface area (Å²) >= 11 is 0. The van der Waals surface area contributed by atoms with Crippen molar-refractivity contribution in [1.82, 2.24) is 19.7 Å². The minimum Gasteiger partial charge on any atom is -0.479 e. The van der Waals surface area contributed by atoms with E-state index < -0.39 is 60.2 Å². The molecule has 14 heteroatoms. The smallest absolute Gasteiger partial charge is 0.335 e. The highest BCUT2D eigenvalue weighted by Crippen LogP contribution is 2.45. The minimum atomic E-state index is -1.90. The van der Waals surface area contributed by atoms with Crippen LogP contribution in [-0.2, 0) is 19.1 Å². The normalized spacial score (nSPS) is 27.7. The Morgan fingerprint density at radius 2 is 1.77 bits per heavy atom. The first-order chi connectivity index (χ1) is 21.0. The predicted molar refractivity (Wildman–Crippen MR) is 150 cm³/mol. The Labute approximate surface area is 249 Å². The molecule has 1 aliphatic heterocycles. The summed E-state index contributed by atoms with van der Waals surface area (Å²) in [6.45, 7) is 4.02. The number of ether oxygens (including phenoxy) is 2. The minimum absolute atomic E-state index is 0.0413. The number of rotatable bonds is 6. The van der Waals surface area contributed by atoms with E-state index in [1.54, 1.807) is 6.20 Å². The summed E-state index contributed by atoms with van der Waals surface area (Å²) in [5.41, 5.74) is 4.25. The number of nitrogens with zero attached hydrogens (tertiary/aromatic N) is 3. The zero-order valence-electron chi connectivity index (χ0n) is 23.9. The average molecular weight is 615 g/mol. The number of aliphatic carboxylic acids is 1. The lowest BCUT2D eigenvalue weighted by atomic mass is 9.77. The Balaban J connectivity index is 1.30. The zero-order chi connectivity index (χ0) is 31.4. The molecule has 44 heavy (non-hydrogen) atoms. The molecule has 234 valence electrons. The number of fused-ring (bicyclic) bond motifs is 2. The second-order valence-electron chi connectivity index (χ2n) is 11.8. The molecule has 1 saturated carbocycles. The predicted octanol–water partition coefficient (Wildman–Crippen LogP) is 3.01. The number of hydrogen-bond acceptors (Lipinski definition) is 9. The van der Waals surface area contributed by atoms with Crippen molar-refractivity contribution in [1.29, 1.82) is 0 Å². The van der Waals surface area contributed by atoms with Crippen LogP contribution < -0.4 is 0 Å². The molecule has 0 bridgehead atoms. The van der Waals surface area contributed by atoms with Crippen LogP contribution in [-0.4, -0.2) is 82.8 Å². The Bertz CT molecular complexity index is 1730. The Hall–Kier alpha value is -3.98. The van der Waals surface area contributed by atoms with Crippen LogP contribution in [0.15, 0.2) is 30.5 Å². The van der Waals surface area contributed by atoms with Gasteiger partial charge in [0, 0.05) is 28.4 Å². The standard InChI is InChI=1S/C30H32F2N4O8/c1-12(2)22-20(21-19(9-15-11-33-35-27(15)34-21)36(22)16-7-8-17(31)18(32)10-16)13-3-5-14(6-4-13)29(42)44-30-25(39)23(37)24(38)26(43-30)28(40)41/h7-14,23-26,30,37-39H,3-6H2,1-2H3,(H,40,41)(H,33,34,35)/t13?,14?,23-,24-,25+,26-,30?/m0/s1. The van der Waals surface area contributed by atoms with Crippen LogP contribution in [0.5, 0.6) is 0 Å². The molecule has 0 radical (unpaired) electrons. The van der Waals surface area contributed by atoms with Crippen molar-refractivity contribution in [3.8, 4) is 5.69 Å². The maximum atomic E-state index is 14.4. The molecule has 1 saturated heterocycles. The number of nitrogens with one attached hydrogen (secondary N) is 1. The van der Waals surface area contributed by atoms with Crippen LogP contribution in [0.1, 0.15) is 62.6 Å². The number of halogens is 2. The van der Waals surface area contributed by atoms with Gasteiger partial charge in [-0.2, -0.15) is 5.10 Å². The van der Waals surface area contributed by atoms with Gasteiger partial charge in [0.05, 0.1) is 23.1 Å². The summed E-state index contributed by atoms with van der Waals surface area (Å²) in [6.07, 6.45) is -5.73. The largest absolute Gasteiger partial charge is 0.479 e. The highest BCUT2D eigenvalue weighted by molar-refractivity contribution is 5.93. The van der Waals surface area contributed by atoms with Crippen molar-refractivity contribution >= 4 is 34.0 Å². The van der Waals surface area contributed by atoms with Gasteiger partial charge in [-0.15, -0.1) is 0 Å². The fraction of sp³-hybridized carbons (Fsp3) is 0.467. The van der Waals surface area contributed by atoms with Gasteiger partial charge < -0.3 is 34.5 Å². The third-order valence-electron chi connectivity index (χ3n) is 8.64. The molecule has 1 aromatic carbocycles. The van der Waals surface area contributed by atoms with Gasteiger partial charge in [-0.1, -0.05) is 13.8 Å². The van der Waals surface area contributed by atoms with Gasteiger partial charge in [0.15, 0.2) is 23.4 Å². The van der Waals surface area contributed by atoms with Crippen molar-refractivity contribution < 1.29 is 48.3 Å². The summed E-state index contributed by atoms with van der Waals surface area (Å²) in [6, 6.07) is 5.67. The number of carbonyl (C=O) groups excluding carboxylic acids is 1. The van der Waals surface area contributed by atoms with Gasteiger partial charge in [0.25, 0.3) is 0 Å². The maximum Gasteiger partial charge on any atom is 0.335 e. The van der Waals surface area contributed by atoms with E-state index in [-0.39, 0.29) is 11.8 Å². The number of aliphatic hydroxyl groups excluding tert-OH is 3. The fourth-order valence-electron chi connectivity index (χ4n) is 6.46. The lowest BCUT2D eigenvalue weighted by molar-refractivity contribution is -0.287. The van der Waals surface area contributed by atoms with E-state index in [0.717, 1.165) is 28.8 Å². The number of benzene rings is 1. The number of aliphatic hydroxyl groups is 3. The molecular weight excluding hydrogens is 582 g/mol. The topological polar surface area (TPSA) is 180 Å². The molecule has 12 nitrogen and oxygen atoms in total.